The first-order valence-corrected chi connectivity index (χ1v) is 7.02. The van der Waals surface area contributed by atoms with Crippen molar-refractivity contribution in [2.75, 3.05) is 0 Å². The lowest BCUT2D eigenvalue weighted by Gasteiger charge is -2.31. The van der Waals surface area contributed by atoms with Gasteiger partial charge < -0.3 is 4.57 Å². The molecule has 0 unspecified atom stereocenters. The van der Waals surface area contributed by atoms with E-state index in [4.69, 9.17) is 0 Å². The molecule has 1 heterocycles. The van der Waals surface area contributed by atoms with Crippen molar-refractivity contribution in [2.24, 2.45) is 5.41 Å². The van der Waals surface area contributed by atoms with Crippen molar-refractivity contribution in [1.82, 2.24) is 4.57 Å². The zero-order chi connectivity index (χ0) is 14.4. The minimum Gasteiger partial charge on any atom is -0.350 e. The molecule has 0 fully saturated rings. The van der Waals surface area contributed by atoms with Crippen LogP contribution in [0.3, 0.4) is 0 Å². The molecule has 0 spiro atoms. The molecule has 0 aliphatic heterocycles. The normalized spacial score (nSPS) is 14.1. The number of rotatable bonds is 1. The van der Waals surface area contributed by atoms with Crippen LogP contribution in [0, 0.1) is 5.41 Å². The van der Waals surface area contributed by atoms with Crippen LogP contribution in [-0.2, 0) is 17.4 Å². The maximum absolute atomic E-state index is 2.46. The van der Waals surface area contributed by atoms with E-state index in [9.17, 15) is 0 Å². The third-order valence-corrected chi connectivity index (χ3v) is 3.13. The van der Waals surface area contributed by atoms with Gasteiger partial charge in [-0.15, -0.1) is 0 Å². The van der Waals surface area contributed by atoms with E-state index in [2.05, 4.69) is 79.1 Å². The molecule has 0 radical (unpaired) electrons. The number of hydrogen-bond donors (Lipinski definition) is 0. The van der Waals surface area contributed by atoms with Crippen molar-refractivity contribution >= 4 is 0 Å². The third-order valence-electron chi connectivity index (χ3n) is 3.13. The number of hydrogen-bond acceptors (Lipinski definition) is 0. The topological polar surface area (TPSA) is 4.93 Å². The summed E-state index contributed by atoms with van der Waals surface area (Å²) >= 11 is 0. The van der Waals surface area contributed by atoms with E-state index < -0.39 is 0 Å². The summed E-state index contributed by atoms with van der Waals surface area (Å²) in [6, 6.07) is 2.31. The molecule has 0 N–H and O–H groups in total. The van der Waals surface area contributed by atoms with Crippen molar-refractivity contribution in [1.29, 1.82) is 0 Å². The molecule has 1 rings (SSSR count). The molecule has 0 amide bonds. The van der Waals surface area contributed by atoms with Crippen LogP contribution in [0.4, 0.5) is 0 Å². The minimum absolute atomic E-state index is 0.192. The summed E-state index contributed by atoms with van der Waals surface area (Å²) in [5, 5.41) is 0. The summed E-state index contributed by atoms with van der Waals surface area (Å²) in [5.74, 6) is 0. The average molecular weight is 249 g/mol. The van der Waals surface area contributed by atoms with Crippen LogP contribution in [0.25, 0.3) is 0 Å². The fourth-order valence-electron chi connectivity index (χ4n) is 2.56. The van der Waals surface area contributed by atoms with Crippen molar-refractivity contribution in [3.8, 4) is 0 Å². The first-order chi connectivity index (χ1) is 7.82. The summed E-state index contributed by atoms with van der Waals surface area (Å²) in [6.45, 7) is 21.8. The summed E-state index contributed by atoms with van der Waals surface area (Å²) in [5.41, 5.74) is 3.70. The van der Waals surface area contributed by atoms with Gasteiger partial charge in [0.2, 0.25) is 0 Å². The highest BCUT2D eigenvalue weighted by molar-refractivity contribution is 5.34. The lowest BCUT2D eigenvalue weighted by molar-refractivity contribution is 0.327. The maximum Gasteiger partial charge on any atom is 0.0271 e. The van der Waals surface area contributed by atoms with E-state index in [0.717, 1.165) is 6.54 Å². The Morgan fingerprint density at radius 2 is 1.33 bits per heavy atom. The predicted octanol–water partition coefficient (Wildman–Crippen LogP) is 5.13. The molecule has 1 heteroatoms. The lowest BCUT2D eigenvalue weighted by Crippen LogP contribution is -2.26. The Bertz CT molecular complexity index is 402. The van der Waals surface area contributed by atoms with E-state index in [1.807, 2.05) is 0 Å². The standard InChI is InChI=1S/C17H31N/c1-15(2,3)12-18-11-10-13(16(4,5)6)14(18)17(7,8)9/h10-11H,12H2,1-9H3. The predicted molar refractivity (Wildman–Crippen MR) is 81.3 cm³/mol. The quantitative estimate of drug-likeness (QED) is 0.650. The van der Waals surface area contributed by atoms with Gasteiger partial charge in [-0.3, -0.25) is 0 Å². The first kappa shape index (κ1) is 15.3. The highest BCUT2D eigenvalue weighted by atomic mass is 15.0. The van der Waals surface area contributed by atoms with E-state index >= 15 is 0 Å². The summed E-state index contributed by atoms with van der Waals surface area (Å²) in [7, 11) is 0. The number of aromatic nitrogens is 1. The van der Waals surface area contributed by atoms with Gasteiger partial charge in [-0.05, 0) is 22.5 Å². The Morgan fingerprint density at radius 1 is 0.833 bits per heavy atom. The van der Waals surface area contributed by atoms with Crippen molar-refractivity contribution in [3.63, 3.8) is 0 Å². The molecular formula is C17H31N. The Hall–Kier alpha value is -0.720. The van der Waals surface area contributed by atoms with Gasteiger partial charge >= 0.3 is 0 Å². The van der Waals surface area contributed by atoms with Crippen LogP contribution in [-0.4, -0.2) is 4.57 Å². The third kappa shape index (κ3) is 3.63. The van der Waals surface area contributed by atoms with Crippen LogP contribution < -0.4 is 0 Å². The van der Waals surface area contributed by atoms with Gasteiger partial charge in [-0.2, -0.15) is 0 Å². The van der Waals surface area contributed by atoms with Gasteiger partial charge in [0.25, 0.3) is 0 Å². The second-order valence-corrected chi connectivity index (χ2v) is 8.77. The van der Waals surface area contributed by atoms with Crippen LogP contribution >= 0.6 is 0 Å². The fourth-order valence-corrected chi connectivity index (χ4v) is 2.56. The van der Waals surface area contributed by atoms with Crippen molar-refractivity contribution in [2.45, 2.75) is 79.7 Å². The number of nitrogens with zero attached hydrogens (tertiary/aromatic N) is 1. The van der Waals surface area contributed by atoms with E-state index in [1.54, 1.807) is 0 Å². The molecule has 18 heavy (non-hydrogen) atoms. The summed E-state index contributed by atoms with van der Waals surface area (Å²) < 4.78 is 2.46. The lowest BCUT2D eigenvalue weighted by atomic mass is 9.79. The Balaban J connectivity index is 3.34. The molecule has 1 aromatic heterocycles. The zero-order valence-corrected chi connectivity index (χ0v) is 13.8. The maximum atomic E-state index is 2.46. The molecule has 0 aromatic carbocycles. The van der Waals surface area contributed by atoms with Gasteiger partial charge in [-0.25, -0.2) is 0 Å². The zero-order valence-electron chi connectivity index (χ0n) is 13.8. The average Bonchev–Trinajstić information content (AvgIpc) is 2.41. The summed E-state index contributed by atoms with van der Waals surface area (Å²) in [6.07, 6.45) is 2.27. The largest absolute Gasteiger partial charge is 0.350 e. The van der Waals surface area contributed by atoms with Crippen LogP contribution in [0.5, 0.6) is 0 Å². The molecule has 0 saturated heterocycles. The van der Waals surface area contributed by atoms with Crippen LogP contribution in [0.15, 0.2) is 12.3 Å². The fraction of sp³-hybridized carbons (Fsp3) is 0.765. The van der Waals surface area contributed by atoms with Crippen LogP contribution in [0.2, 0.25) is 0 Å². The smallest absolute Gasteiger partial charge is 0.0271 e. The van der Waals surface area contributed by atoms with Crippen molar-refractivity contribution in [3.05, 3.63) is 23.5 Å². The van der Waals surface area contributed by atoms with Gasteiger partial charge in [0.05, 0.1) is 0 Å². The molecule has 0 saturated carbocycles. The van der Waals surface area contributed by atoms with Crippen LogP contribution in [0.1, 0.15) is 73.6 Å². The second kappa shape index (κ2) is 4.43. The molecule has 0 atom stereocenters. The minimum atomic E-state index is 0.192. The molecule has 0 aliphatic rings. The van der Waals surface area contributed by atoms with Gasteiger partial charge in [0.1, 0.15) is 0 Å². The molecule has 0 bridgehead atoms. The first-order valence-electron chi connectivity index (χ1n) is 7.02. The highest BCUT2D eigenvalue weighted by Gasteiger charge is 2.29. The van der Waals surface area contributed by atoms with Gasteiger partial charge in [0.15, 0.2) is 0 Å². The molecule has 104 valence electrons. The molecule has 1 nitrogen and oxygen atoms in total. The molecular weight excluding hydrogens is 218 g/mol. The molecule has 1 aromatic rings. The highest BCUT2D eigenvalue weighted by Crippen LogP contribution is 2.35. The van der Waals surface area contributed by atoms with Crippen molar-refractivity contribution < 1.29 is 0 Å². The Kier molecular flexibility index (Phi) is 3.78. The Morgan fingerprint density at radius 3 is 1.67 bits per heavy atom. The van der Waals surface area contributed by atoms with Gasteiger partial charge in [0, 0.05) is 23.9 Å². The van der Waals surface area contributed by atoms with E-state index in [0.29, 0.717) is 5.41 Å². The molecule has 0 aliphatic carbocycles. The summed E-state index contributed by atoms with van der Waals surface area (Å²) in [4.78, 5) is 0. The van der Waals surface area contributed by atoms with Gasteiger partial charge in [-0.1, -0.05) is 62.3 Å². The Labute approximate surface area is 114 Å². The van der Waals surface area contributed by atoms with E-state index in [1.165, 1.54) is 11.3 Å². The second-order valence-electron chi connectivity index (χ2n) is 8.77. The SMILES string of the molecule is CC(C)(C)Cn1ccc(C(C)(C)C)c1C(C)(C)C. The van der Waals surface area contributed by atoms with E-state index in [-0.39, 0.29) is 10.8 Å². The monoisotopic (exact) mass is 249 g/mol.